The fourth-order valence-corrected chi connectivity index (χ4v) is 1.02. The number of piperidine rings is 1. The van der Waals surface area contributed by atoms with E-state index in [1.807, 2.05) is 0 Å². The molecule has 0 saturated carbocycles. The smallest absolute Gasteiger partial charge is 0.679 e. The zero-order valence-corrected chi connectivity index (χ0v) is 10.4. The Hall–Kier alpha value is -0.452. The number of carboxylic acids is 2. The third-order valence-corrected chi connectivity index (χ3v) is 1.75. The molecule has 6 nitrogen and oxygen atoms in total. The van der Waals surface area contributed by atoms with Crippen LogP contribution in [0.15, 0.2) is 0 Å². The largest absolute Gasteiger partial charge is 2.00 e. The predicted molar refractivity (Wildman–Crippen MR) is 50.3 cm³/mol. The molecule has 0 bridgehead atoms. The average molecular weight is 397 g/mol. The summed E-state index contributed by atoms with van der Waals surface area (Å²) in [6, 6.07) is 0.378. The van der Waals surface area contributed by atoms with Crippen molar-refractivity contribution in [1.82, 2.24) is 0 Å². The van der Waals surface area contributed by atoms with Crippen LogP contribution < -0.4 is 0 Å². The first-order valence-electron chi connectivity index (χ1n) is 4.35. The molecule has 0 aromatic rings. The van der Waals surface area contributed by atoms with Gasteiger partial charge in [-0.1, -0.05) is 19.3 Å². The minimum Gasteiger partial charge on any atom is -0.679 e. The van der Waals surface area contributed by atoms with Gasteiger partial charge in [0.15, 0.2) is 0 Å². The average Bonchev–Trinajstić information content (AvgIpc) is 2.20. The van der Waals surface area contributed by atoms with E-state index in [2.05, 4.69) is 5.32 Å². The van der Waals surface area contributed by atoms with Crippen LogP contribution in [-0.2, 0) is 30.7 Å². The molecule has 0 radical (unpaired) electrons. The molecule has 3 N–H and O–H groups in total. The van der Waals surface area contributed by atoms with E-state index in [0.29, 0.717) is 12.6 Å². The standard InChI is InChI=1S/C6H12N2.C2H2O4.Pt/c7-5-6-3-1-2-4-8-6;3-1(4)2(5)6;/h6-7H,1-5H2;(H,3,4)(H,5,6);/q-2;;+2. The maximum Gasteiger partial charge on any atom is 2.00 e. The predicted octanol–water partition coefficient (Wildman–Crippen LogP) is 1.12. The molecular weight excluding hydrogens is 383 g/mol. The van der Waals surface area contributed by atoms with Crippen molar-refractivity contribution in [2.75, 3.05) is 13.1 Å². The molecular formula is C8H14N2O4Pt. The summed E-state index contributed by atoms with van der Waals surface area (Å²) >= 11 is 0. The molecule has 0 spiro atoms. The first-order chi connectivity index (χ1) is 6.57. The van der Waals surface area contributed by atoms with Crippen molar-refractivity contribution in [2.45, 2.75) is 25.3 Å². The normalized spacial score (nSPS) is 19.1. The molecule has 1 fully saturated rings. The van der Waals surface area contributed by atoms with E-state index < -0.39 is 11.9 Å². The number of carboxylic acid groups (broad SMARTS) is 2. The Balaban J connectivity index is 0. The molecule has 1 unspecified atom stereocenters. The molecule has 1 aliphatic heterocycles. The molecule has 0 aromatic carbocycles. The van der Waals surface area contributed by atoms with Crippen LogP contribution in [0.3, 0.4) is 0 Å². The second-order valence-corrected chi connectivity index (χ2v) is 2.87. The van der Waals surface area contributed by atoms with E-state index in [9.17, 15) is 0 Å². The van der Waals surface area contributed by atoms with Crippen LogP contribution in [0.5, 0.6) is 0 Å². The number of hydrogen-bond acceptors (Lipinski definition) is 2. The van der Waals surface area contributed by atoms with Gasteiger partial charge in [0.05, 0.1) is 0 Å². The van der Waals surface area contributed by atoms with Gasteiger partial charge >= 0.3 is 33.0 Å². The topological polar surface area (TPSA) is 112 Å². The van der Waals surface area contributed by atoms with E-state index >= 15 is 0 Å². The van der Waals surface area contributed by atoms with Gasteiger partial charge in [-0.15, -0.1) is 6.54 Å². The molecule has 15 heavy (non-hydrogen) atoms. The minimum atomic E-state index is -1.82. The van der Waals surface area contributed by atoms with E-state index in [1.165, 1.54) is 12.8 Å². The Morgan fingerprint density at radius 1 is 1.27 bits per heavy atom. The number of hydrogen-bond donors (Lipinski definition) is 2. The number of nitrogens with one attached hydrogen (secondary N) is 1. The summed E-state index contributed by atoms with van der Waals surface area (Å²) in [6.45, 7) is 1.50. The monoisotopic (exact) mass is 397 g/mol. The van der Waals surface area contributed by atoms with Crippen LogP contribution >= 0.6 is 0 Å². The summed E-state index contributed by atoms with van der Waals surface area (Å²) in [5, 5.41) is 19.0. The summed E-state index contributed by atoms with van der Waals surface area (Å²) in [4.78, 5) is 18.2. The van der Waals surface area contributed by atoms with Gasteiger partial charge in [-0.05, 0) is 0 Å². The SMILES string of the molecule is O=C(O)C(=O)O.[NH-]CC1CCCC[N-]1.[Pt+2]. The third-order valence-electron chi connectivity index (χ3n) is 1.75. The molecule has 0 aromatic heterocycles. The summed E-state index contributed by atoms with van der Waals surface area (Å²) in [6.07, 6.45) is 3.69. The first kappa shape index (κ1) is 17.0. The molecule has 1 atom stereocenters. The van der Waals surface area contributed by atoms with Gasteiger partial charge in [-0.25, -0.2) is 9.59 Å². The molecule has 1 aliphatic rings. The van der Waals surface area contributed by atoms with Crippen molar-refractivity contribution in [3.05, 3.63) is 11.1 Å². The van der Waals surface area contributed by atoms with Crippen molar-refractivity contribution in [1.29, 1.82) is 0 Å². The number of carbonyl (C=O) groups is 2. The van der Waals surface area contributed by atoms with E-state index in [-0.39, 0.29) is 21.1 Å². The molecule has 1 saturated heterocycles. The maximum absolute atomic E-state index is 9.10. The van der Waals surface area contributed by atoms with Gasteiger partial charge in [0, 0.05) is 0 Å². The Labute approximate surface area is 102 Å². The Morgan fingerprint density at radius 3 is 2.00 bits per heavy atom. The molecule has 0 amide bonds. The van der Waals surface area contributed by atoms with E-state index in [4.69, 9.17) is 25.5 Å². The van der Waals surface area contributed by atoms with Crippen LogP contribution in [0, 0.1) is 0 Å². The van der Waals surface area contributed by atoms with Crippen LogP contribution in [0.25, 0.3) is 11.1 Å². The van der Waals surface area contributed by atoms with Crippen molar-refractivity contribution in [3.63, 3.8) is 0 Å². The number of aliphatic carboxylic acids is 2. The molecule has 1 rings (SSSR count). The van der Waals surface area contributed by atoms with Crippen LogP contribution in [0.1, 0.15) is 19.3 Å². The van der Waals surface area contributed by atoms with Crippen molar-refractivity contribution >= 4 is 11.9 Å². The van der Waals surface area contributed by atoms with Gasteiger partial charge in [-0.3, -0.25) is 0 Å². The van der Waals surface area contributed by atoms with Crippen molar-refractivity contribution in [2.24, 2.45) is 0 Å². The fraction of sp³-hybridized carbons (Fsp3) is 0.750. The Bertz CT molecular complexity index is 183. The summed E-state index contributed by atoms with van der Waals surface area (Å²) in [5.41, 5.74) is 7.00. The molecule has 1 heterocycles. The summed E-state index contributed by atoms with van der Waals surface area (Å²) in [5.74, 6) is -3.65. The van der Waals surface area contributed by atoms with Crippen LogP contribution in [-0.4, -0.2) is 41.3 Å². The van der Waals surface area contributed by atoms with Gasteiger partial charge < -0.3 is 21.3 Å². The summed E-state index contributed by atoms with van der Waals surface area (Å²) < 4.78 is 0. The molecule has 7 heteroatoms. The molecule has 0 aliphatic carbocycles. The number of rotatable bonds is 1. The third kappa shape index (κ3) is 9.84. The van der Waals surface area contributed by atoms with Gasteiger partial charge in [-0.2, -0.15) is 12.6 Å². The number of nitrogens with zero attached hydrogens (tertiary/aromatic N) is 1. The summed E-state index contributed by atoms with van der Waals surface area (Å²) in [7, 11) is 0. The van der Waals surface area contributed by atoms with E-state index in [0.717, 1.165) is 13.0 Å². The fourth-order valence-electron chi connectivity index (χ4n) is 1.02. The zero-order chi connectivity index (χ0) is 11.0. The van der Waals surface area contributed by atoms with E-state index in [1.54, 1.807) is 0 Å². The second kappa shape index (κ2) is 10.1. The Kier molecular flexibility index (Phi) is 11.4. The van der Waals surface area contributed by atoms with Crippen molar-refractivity contribution in [3.8, 4) is 0 Å². The van der Waals surface area contributed by atoms with Gasteiger partial charge in [0.1, 0.15) is 0 Å². The quantitative estimate of drug-likeness (QED) is 0.646. The Morgan fingerprint density at radius 2 is 1.80 bits per heavy atom. The minimum absolute atomic E-state index is 0. The van der Waals surface area contributed by atoms with Gasteiger partial charge in [0.2, 0.25) is 0 Å². The van der Waals surface area contributed by atoms with Gasteiger partial charge in [0.25, 0.3) is 0 Å². The maximum atomic E-state index is 9.10. The van der Waals surface area contributed by atoms with Crippen molar-refractivity contribution < 1.29 is 40.9 Å². The first-order valence-corrected chi connectivity index (χ1v) is 4.35. The molecule has 90 valence electrons. The zero-order valence-electron chi connectivity index (χ0n) is 8.09. The van der Waals surface area contributed by atoms with Crippen LogP contribution in [0.2, 0.25) is 0 Å². The van der Waals surface area contributed by atoms with Crippen LogP contribution in [0.4, 0.5) is 0 Å². The second-order valence-electron chi connectivity index (χ2n) is 2.87.